The second kappa shape index (κ2) is 10.7. The first-order chi connectivity index (χ1) is 17.0. The predicted molar refractivity (Wildman–Crippen MR) is 138 cm³/mol. The van der Waals surface area contributed by atoms with E-state index < -0.39 is 0 Å². The molecule has 0 aliphatic heterocycles. The minimum absolute atomic E-state index is 0.155. The molecule has 0 saturated carbocycles. The topological polar surface area (TPSA) is 103 Å². The SMILES string of the molecule is COC/C(Cl)=C(\C(Cl)=C(/C)OC)c1cc2cnc(Nc3ccccc3NC=O)nc2n2ccnc12. The van der Waals surface area contributed by atoms with Gasteiger partial charge in [-0.05, 0) is 25.1 Å². The van der Waals surface area contributed by atoms with E-state index in [1.807, 2.05) is 28.7 Å². The van der Waals surface area contributed by atoms with Crippen molar-refractivity contribution < 1.29 is 14.3 Å². The number of anilines is 3. The molecule has 1 aromatic carbocycles. The number of imidazole rings is 1. The monoisotopic (exact) mass is 512 g/mol. The van der Waals surface area contributed by atoms with Gasteiger partial charge in [-0.1, -0.05) is 35.3 Å². The van der Waals surface area contributed by atoms with Crippen LogP contribution >= 0.6 is 23.2 Å². The van der Waals surface area contributed by atoms with E-state index in [0.717, 1.165) is 5.39 Å². The molecule has 0 unspecified atom stereocenters. The molecule has 3 heterocycles. The van der Waals surface area contributed by atoms with Crippen LogP contribution < -0.4 is 10.6 Å². The molecular formula is C24H22Cl2N6O3. The molecule has 180 valence electrons. The molecule has 1 amide bonds. The third kappa shape index (κ3) is 4.93. The Hall–Kier alpha value is -3.66. The summed E-state index contributed by atoms with van der Waals surface area (Å²) in [5, 5.41) is 7.28. The molecule has 0 radical (unpaired) electrons. The van der Waals surface area contributed by atoms with Crippen LogP contribution in [0.25, 0.3) is 22.3 Å². The number of nitrogens with zero attached hydrogens (tertiary/aromatic N) is 4. The number of ether oxygens (including phenoxy) is 2. The lowest BCUT2D eigenvalue weighted by Crippen LogP contribution is -2.05. The largest absolute Gasteiger partial charge is 0.500 e. The summed E-state index contributed by atoms with van der Waals surface area (Å²) in [7, 11) is 3.09. The van der Waals surface area contributed by atoms with Crippen LogP contribution in [0.5, 0.6) is 0 Å². The zero-order chi connectivity index (χ0) is 24.9. The molecule has 0 fully saturated rings. The van der Waals surface area contributed by atoms with Crippen LogP contribution in [0.4, 0.5) is 17.3 Å². The first-order valence-corrected chi connectivity index (χ1v) is 11.2. The van der Waals surface area contributed by atoms with Gasteiger partial charge >= 0.3 is 0 Å². The Morgan fingerprint density at radius 1 is 1.14 bits per heavy atom. The highest BCUT2D eigenvalue weighted by molar-refractivity contribution is 6.42. The summed E-state index contributed by atoms with van der Waals surface area (Å²) in [6.45, 7) is 1.91. The fourth-order valence-electron chi connectivity index (χ4n) is 3.56. The van der Waals surface area contributed by atoms with E-state index in [1.54, 1.807) is 38.7 Å². The number of fused-ring (bicyclic) bond motifs is 3. The number of benzene rings is 1. The highest BCUT2D eigenvalue weighted by atomic mass is 35.5. The van der Waals surface area contributed by atoms with Crippen molar-refractivity contribution in [1.29, 1.82) is 0 Å². The number of allylic oxidation sites excluding steroid dienone is 3. The standard InChI is InChI=1S/C24H22Cl2N6O3/c1-14(35-3)21(26)20(17(25)12-34-2)16-10-15-11-28-24(31-22(15)32-9-8-27-23(16)32)30-19-7-5-4-6-18(19)29-13-33/h4-11,13H,12H2,1-3H3,(H,29,33)(H,28,30,31)/b20-17+,21-14-. The molecule has 2 N–H and O–H groups in total. The maximum atomic E-state index is 10.9. The van der Waals surface area contributed by atoms with E-state index >= 15 is 0 Å². The quantitative estimate of drug-likeness (QED) is 0.178. The zero-order valence-corrected chi connectivity index (χ0v) is 20.7. The molecule has 11 heteroatoms. The number of pyridine rings is 1. The first-order valence-electron chi connectivity index (χ1n) is 10.5. The number of rotatable bonds is 9. The van der Waals surface area contributed by atoms with Crippen LogP contribution in [-0.4, -0.2) is 46.6 Å². The number of hydrogen-bond acceptors (Lipinski definition) is 7. The highest BCUT2D eigenvalue weighted by Crippen LogP contribution is 2.37. The third-order valence-electron chi connectivity index (χ3n) is 5.24. The molecule has 0 atom stereocenters. The van der Waals surface area contributed by atoms with Gasteiger partial charge in [0.25, 0.3) is 0 Å². The van der Waals surface area contributed by atoms with Crippen molar-refractivity contribution in [2.75, 3.05) is 31.5 Å². The summed E-state index contributed by atoms with van der Waals surface area (Å²) in [6, 6.07) is 9.13. The Labute approximate surface area is 211 Å². The Balaban J connectivity index is 1.88. The van der Waals surface area contributed by atoms with Crippen molar-refractivity contribution >= 4 is 69.2 Å². The molecule has 0 aliphatic rings. The van der Waals surface area contributed by atoms with E-state index in [9.17, 15) is 4.79 Å². The van der Waals surface area contributed by atoms with Crippen LogP contribution in [0.3, 0.4) is 0 Å². The smallest absolute Gasteiger partial charge is 0.229 e. The number of methoxy groups -OCH3 is 2. The van der Waals surface area contributed by atoms with Gasteiger partial charge in [0.15, 0.2) is 5.65 Å². The maximum Gasteiger partial charge on any atom is 0.229 e. The Bertz CT molecular complexity index is 1460. The molecule has 4 rings (SSSR count). The molecule has 3 aromatic heterocycles. The van der Waals surface area contributed by atoms with Gasteiger partial charge in [-0.3, -0.25) is 9.20 Å². The van der Waals surface area contributed by atoms with Crippen LogP contribution in [0.2, 0.25) is 0 Å². The number of carbonyl (C=O) groups is 1. The lowest BCUT2D eigenvalue weighted by atomic mass is 10.0. The average Bonchev–Trinajstić information content (AvgIpc) is 3.36. The molecule has 0 bridgehead atoms. The Kier molecular flexibility index (Phi) is 7.50. The lowest BCUT2D eigenvalue weighted by Gasteiger charge is -2.15. The van der Waals surface area contributed by atoms with Crippen LogP contribution in [0, 0.1) is 0 Å². The second-order valence-electron chi connectivity index (χ2n) is 7.37. The van der Waals surface area contributed by atoms with E-state index in [2.05, 4.69) is 20.6 Å². The molecule has 0 aliphatic carbocycles. The van der Waals surface area contributed by atoms with Gasteiger partial charge in [0.1, 0.15) is 11.4 Å². The highest BCUT2D eigenvalue weighted by Gasteiger charge is 2.21. The molecule has 35 heavy (non-hydrogen) atoms. The fraction of sp³-hybridized carbons (Fsp3) is 0.167. The molecular weight excluding hydrogens is 491 g/mol. The summed E-state index contributed by atoms with van der Waals surface area (Å²) in [6.07, 6.45) is 5.76. The van der Waals surface area contributed by atoms with E-state index in [1.165, 1.54) is 7.11 Å². The maximum absolute atomic E-state index is 10.9. The van der Waals surface area contributed by atoms with E-state index in [4.69, 9.17) is 37.7 Å². The number of halogens is 2. The van der Waals surface area contributed by atoms with Crippen LogP contribution in [0.1, 0.15) is 12.5 Å². The van der Waals surface area contributed by atoms with Gasteiger partial charge in [0.05, 0.1) is 35.2 Å². The van der Waals surface area contributed by atoms with Gasteiger partial charge in [-0.2, -0.15) is 4.98 Å². The Morgan fingerprint density at radius 3 is 2.63 bits per heavy atom. The third-order valence-corrected chi connectivity index (χ3v) is 5.99. The van der Waals surface area contributed by atoms with Gasteiger partial charge in [-0.15, -0.1) is 0 Å². The fourth-order valence-corrected chi connectivity index (χ4v) is 4.21. The summed E-state index contributed by atoms with van der Waals surface area (Å²) < 4.78 is 12.4. The summed E-state index contributed by atoms with van der Waals surface area (Å²) in [5.74, 6) is 0.848. The number of aromatic nitrogens is 4. The molecule has 0 saturated heterocycles. The van der Waals surface area contributed by atoms with Crippen molar-refractivity contribution in [3.05, 3.63) is 70.3 Å². The zero-order valence-electron chi connectivity index (χ0n) is 19.2. The average molecular weight is 513 g/mol. The van der Waals surface area contributed by atoms with Crippen LogP contribution in [0.15, 0.2) is 64.7 Å². The van der Waals surface area contributed by atoms with Gasteiger partial charge in [0.2, 0.25) is 12.4 Å². The Morgan fingerprint density at radius 2 is 1.91 bits per heavy atom. The number of para-hydroxylation sites is 2. The minimum atomic E-state index is 0.155. The van der Waals surface area contributed by atoms with Crippen molar-refractivity contribution in [3.8, 4) is 0 Å². The number of hydrogen-bond donors (Lipinski definition) is 2. The number of carbonyl (C=O) groups excluding carboxylic acids is 1. The molecule has 4 aromatic rings. The minimum Gasteiger partial charge on any atom is -0.500 e. The second-order valence-corrected chi connectivity index (χ2v) is 8.21. The summed E-state index contributed by atoms with van der Waals surface area (Å²) >= 11 is 13.3. The van der Waals surface area contributed by atoms with E-state index in [0.29, 0.717) is 62.0 Å². The normalized spacial score (nSPS) is 12.8. The van der Waals surface area contributed by atoms with Gasteiger partial charge < -0.3 is 20.1 Å². The van der Waals surface area contributed by atoms with Gasteiger partial charge in [-0.25, -0.2) is 9.97 Å². The summed E-state index contributed by atoms with van der Waals surface area (Å²) in [5.41, 5.74) is 3.69. The lowest BCUT2D eigenvalue weighted by molar-refractivity contribution is -0.105. The van der Waals surface area contributed by atoms with E-state index in [-0.39, 0.29) is 6.61 Å². The predicted octanol–water partition coefficient (Wildman–Crippen LogP) is 5.30. The number of nitrogens with one attached hydrogen (secondary N) is 2. The van der Waals surface area contributed by atoms with Crippen LogP contribution in [-0.2, 0) is 14.3 Å². The molecule has 9 nitrogen and oxygen atoms in total. The van der Waals surface area contributed by atoms with Gasteiger partial charge in [0, 0.05) is 42.2 Å². The van der Waals surface area contributed by atoms with Crippen molar-refractivity contribution in [2.45, 2.75) is 6.92 Å². The molecule has 0 spiro atoms. The first kappa shape index (κ1) is 24.5. The summed E-state index contributed by atoms with van der Waals surface area (Å²) in [4.78, 5) is 24.6. The van der Waals surface area contributed by atoms with Crippen molar-refractivity contribution in [3.63, 3.8) is 0 Å². The number of amides is 1. The van der Waals surface area contributed by atoms with Crippen molar-refractivity contribution in [1.82, 2.24) is 19.4 Å². The van der Waals surface area contributed by atoms with Crippen molar-refractivity contribution in [2.24, 2.45) is 0 Å².